The molecule has 1 aromatic rings. The summed E-state index contributed by atoms with van der Waals surface area (Å²) < 4.78 is 4.63. The summed E-state index contributed by atoms with van der Waals surface area (Å²) in [5.74, 6) is -0.578. The highest BCUT2D eigenvalue weighted by molar-refractivity contribution is 6.42. The smallest absolute Gasteiger partial charge is 0.356 e. The minimum Gasteiger partial charge on any atom is -0.464 e. The molecule has 0 amide bonds. The Labute approximate surface area is 113 Å². The predicted octanol–water partition coefficient (Wildman–Crippen LogP) is 2.21. The lowest BCUT2D eigenvalue weighted by Crippen LogP contribution is -2.30. The van der Waals surface area contributed by atoms with E-state index in [1.54, 1.807) is 0 Å². The van der Waals surface area contributed by atoms with Gasteiger partial charge in [0.15, 0.2) is 0 Å². The van der Waals surface area contributed by atoms with E-state index in [0.29, 0.717) is 5.56 Å². The summed E-state index contributed by atoms with van der Waals surface area (Å²) in [6, 6.07) is 7.61. The van der Waals surface area contributed by atoms with E-state index in [9.17, 15) is 4.79 Å². The van der Waals surface area contributed by atoms with Crippen LogP contribution in [0.25, 0.3) is 0 Å². The first-order valence-corrected chi connectivity index (χ1v) is 6.70. The Balaban J connectivity index is 2.15. The van der Waals surface area contributed by atoms with Crippen molar-refractivity contribution in [2.45, 2.75) is 25.8 Å². The molecule has 102 valence electrons. The van der Waals surface area contributed by atoms with Gasteiger partial charge in [0.2, 0.25) is 0 Å². The van der Waals surface area contributed by atoms with Gasteiger partial charge in [0, 0.05) is 12.1 Å². The fraction of sp³-hybridized carbons (Fsp3) is 0.467. The Kier molecular flexibility index (Phi) is 4.68. The summed E-state index contributed by atoms with van der Waals surface area (Å²) >= 11 is 0. The molecule has 0 unspecified atom stereocenters. The maximum Gasteiger partial charge on any atom is 0.356 e. The number of likely N-dealkylation sites (tertiary alicyclic amines) is 1. The molecular formula is C15H20N2O2. The summed E-state index contributed by atoms with van der Waals surface area (Å²) in [7, 11) is 1.31. The molecule has 0 aliphatic carbocycles. The average molecular weight is 260 g/mol. The number of carbonyl (C=O) groups excluding carboxylic acids is 1. The molecule has 1 saturated heterocycles. The highest BCUT2D eigenvalue weighted by Crippen LogP contribution is 2.16. The number of ether oxygens (including phenoxy) is 1. The molecule has 2 rings (SSSR count). The number of esters is 1. The monoisotopic (exact) mass is 260 g/mol. The maximum absolute atomic E-state index is 11.5. The zero-order valence-corrected chi connectivity index (χ0v) is 11.3. The Hall–Kier alpha value is -1.68. The Morgan fingerprint density at radius 2 is 1.95 bits per heavy atom. The number of nitrogens with zero attached hydrogens (tertiary/aromatic N) is 1. The van der Waals surface area contributed by atoms with Crippen molar-refractivity contribution >= 4 is 11.7 Å². The third-order valence-electron chi connectivity index (χ3n) is 3.52. The fourth-order valence-corrected chi connectivity index (χ4v) is 2.47. The van der Waals surface area contributed by atoms with E-state index in [4.69, 9.17) is 5.41 Å². The third-order valence-corrected chi connectivity index (χ3v) is 3.52. The zero-order chi connectivity index (χ0) is 13.7. The molecule has 0 radical (unpaired) electrons. The van der Waals surface area contributed by atoms with Crippen LogP contribution in [0.2, 0.25) is 0 Å². The van der Waals surface area contributed by atoms with Gasteiger partial charge >= 0.3 is 5.97 Å². The first-order valence-electron chi connectivity index (χ1n) is 6.70. The molecule has 1 heterocycles. The van der Waals surface area contributed by atoms with Crippen molar-refractivity contribution in [1.29, 1.82) is 5.41 Å². The van der Waals surface area contributed by atoms with Gasteiger partial charge in [0.25, 0.3) is 0 Å². The number of methoxy groups -OCH3 is 1. The number of hydrogen-bond acceptors (Lipinski definition) is 4. The van der Waals surface area contributed by atoms with Crippen molar-refractivity contribution in [3.63, 3.8) is 0 Å². The molecule has 1 aliphatic heterocycles. The van der Waals surface area contributed by atoms with Crippen molar-refractivity contribution in [2.24, 2.45) is 0 Å². The average Bonchev–Trinajstić information content (AvgIpc) is 2.47. The molecule has 0 bridgehead atoms. The van der Waals surface area contributed by atoms with E-state index < -0.39 is 5.97 Å². The van der Waals surface area contributed by atoms with E-state index >= 15 is 0 Å². The Bertz CT molecular complexity index is 465. The summed E-state index contributed by atoms with van der Waals surface area (Å²) in [6.07, 6.45) is 3.77. The zero-order valence-electron chi connectivity index (χ0n) is 11.3. The maximum atomic E-state index is 11.5. The number of carbonyl (C=O) groups is 1. The fourth-order valence-electron chi connectivity index (χ4n) is 2.47. The standard InChI is InChI=1S/C15H20N2O2/c1-19-15(18)14(16)13-8-4-3-7-12(13)11-17-9-5-2-6-10-17/h3-4,7-8,16H,2,5-6,9-11H2,1H3. The molecule has 4 heteroatoms. The summed E-state index contributed by atoms with van der Waals surface area (Å²) in [6.45, 7) is 3.00. The largest absolute Gasteiger partial charge is 0.464 e. The van der Waals surface area contributed by atoms with Crippen molar-refractivity contribution in [3.05, 3.63) is 35.4 Å². The third kappa shape index (κ3) is 3.41. The van der Waals surface area contributed by atoms with Crippen molar-refractivity contribution in [2.75, 3.05) is 20.2 Å². The summed E-state index contributed by atoms with van der Waals surface area (Å²) in [5.41, 5.74) is 1.65. The second-order valence-corrected chi connectivity index (χ2v) is 4.86. The van der Waals surface area contributed by atoms with E-state index in [2.05, 4.69) is 9.64 Å². The molecule has 1 aromatic carbocycles. The van der Waals surface area contributed by atoms with E-state index in [1.807, 2.05) is 24.3 Å². The number of nitrogens with one attached hydrogen (secondary N) is 1. The van der Waals surface area contributed by atoms with Gasteiger partial charge in [-0.15, -0.1) is 0 Å². The lowest BCUT2D eigenvalue weighted by molar-refractivity contribution is -0.132. The van der Waals surface area contributed by atoms with Crippen LogP contribution >= 0.6 is 0 Å². The highest BCUT2D eigenvalue weighted by Gasteiger charge is 2.18. The number of piperidine rings is 1. The van der Waals surface area contributed by atoms with Crippen LogP contribution < -0.4 is 0 Å². The summed E-state index contributed by atoms with van der Waals surface area (Å²) in [4.78, 5) is 13.9. The van der Waals surface area contributed by atoms with Crippen LogP contribution in [-0.4, -0.2) is 36.8 Å². The van der Waals surface area contributed by atoms with Gasteiger partial charge in [-0.2, -0.15) is 0 Å². The van der Waals surface area contributed by atoms with Crippen molar-refractivity contribution in [3.8, 4) is 0 Å². The molecule has 0 aromatic heterocycles. The Morgan fingerprint density at radius 3 is 2.63 bits per heavy atom. The minimum absolute atomic E-state index is 0.0601. The highest BCUT2D eigenvalue weighted by atomic mass is 16.5. The van der Waals surface area contributed by atoms with Gasteiger partial charge in [-0.3, -0.25) is 10.3 Å². The number of rotatable bonds is 4. The topological polar surface area (TPSA) is 53.4 Å². The van der Waals surface area contributed by atoms with Gasteiger partial charge in [-0.05, 0) is 31.5 Å². The van der Waals surface area contributed by atoms with Gasteiger partial charge < -0.3 is 4.74 Å². The molecule has 1 N–H and O–H groups in total. The van der Waals surface area contributed by atoms with Gasteiger partial charge in [-0.1, -0.05) is 30.7 Å². The minimum atomic E-state index is -0.578. The first-order chi connectivity index (χ1) is 9.22. The van der Waals surface area contributed by atoms with Crippen LogP contribution in [0.15, 0.2) is 24.3 Å². The van der Waals surface area contributed by atoms with Gasteiger partial charge in [-0.25, -0.2) is 4.79 Å². The molecule has 1 fully saturated rings. The predicted molar refractivity (Wildman–Crippen MR) is 74.4 cm³/mol. The van der Waals surface area contributed by atoms with Crippen LogP contribution in [0, 0.1) is 5.41 Å². The van der Waals surface area contributed by atoms with Gasteiger partial charge in [0.1, 0.15) is 5.71 Å². The quantitative estimate of drug-likeness (QED) is 0.667. The Morgan fingerprint density at radius 1 is 1.26 bits per heavy atom. The van der Waals surface area contributed by atoms with E-state index in [0.717, 1.165) is 25.2 Å². The van der Waals surface area contributed by atoms with Crippen LogP contribution in [0.3, 0.4) is 0 Å². The lowest BCUT2D eigenvalue weighted by Gasteiger charge is -2.27. The number of hydrogen-bond donors (Lipinski definition) is 1. The molecule has 0 saturated carbocycles. The van der Waals surface area contributed by atoms with Crippen LogP contribution in [0.5, 0.6) is 0 Å². The van der Waals surface area contributed by atoms with E-state index in [-0.39, 0.29) is 5.71 Å². The molecule has 19 heavy (non-hydrogen) atoms. The van der Waals surface area contributed by atoms with Crippen LogP contribution in [-0.2, 0) is 16.1 Å². The molecule has 4 nitrogen and oxygen atoms in total. The van der Waals surface area contributed by atoms with Crippen molar-refractivity contribution in [1.82, 2.24) is 4.90 Å². The summed E-state index contributed by atoms with van der Waals surface area (Å²) in [5, 5.41) is 7.90. The lowest BCUT2D eigenvalue weighted by atomic mass is 10.0. The number of benzene rings is 1. The second kappa shape index (κ2) is 6.48. The van der Waals surface area contributed by atoms with Crippen LogP contribution in [0.1, 0.15) is 30.4 Å². The van der Waals surface area contributed by atoms with E-state index in [1.165, 1.54) is 26.4 Å². The van der Waals surface area contributed by atoms with Crippen molar-refractivity contribution < 1.29 is 9.53 Å². The molecular weight excluding hydrogens is 240 g/mol. The molecule has 0 spiro atoms. The van der Waals surface area contributed by atoms with Crippen LogP contribution in [0.4, 0.5) is 0 Å². The molecule has 0 atom stereocenters. The second-order valence-electron chi connectivity index (χ2n) is 4.86. The first kappa shape index (κ1) is 13.7. The SMILES string of the molecule is COC(=O)C(=N)c1ccccc1CN1CCCCC1. The molecule has 1 aliphatic rings. The normalized spacial score (nSPS) is 16.1. The van der Waals surface area contributed by atoms with Gasteiger partial charge in [0.05, 0.1) is 7.11 Å².